The van der Waals surface area contributed by atoms with E-state index >= 15 is 0 Å². The van der Waals surface area contributed by atoms with Crippen molar-refractivity contribution >= 4 is 27.7 Å². The zero-order valence-corrected chi connectivity index (χ0v) is 20.4. The van der Waals surface area contributed by atoms with Crippen LogP contribution in [0, 0.1) is 11.6 Å². The molecule has 5 nitrogen and oxygen atoms in total. The highest BCUT2D eigenvalue weighted by Crippen LogP contribution is 2.34. The molecule has 36 heavy (non-hydrogen) atoms. The number of nitrogens with zero attached hydrogens (tertiary/aromatic N) is 2. The molecule has 0 radical (unpaired) electrons. The summed E-state index contributed by atoms with van der Waals surface area (Å²) >= 11 is 0. The molecule has 2 N–H and O–H groups in total. The summed E-state index contributed by atoms with van der Waals surface area (Å²) in [7, 11) is 0. The zero-order chi connectivity index (χ0) is 24.6. The lowest BCUT2D eigenvalue weighted by Gasteiger charge is -2.38. The molecule has 6 rings (SSSR count). The van der Waals surface area contributed by atoms with Crippen LogP contribution in [0.25, 0.3) is 21.8 Å². The molecular weight excluding hydrogens is 458 g/mol. The lowest BCUT2D eigenvalue weighted by molar-refractivity contribution is 0.0573. The number of rotatable bonds is 5. The van der Waals surface area contributed by atoms with E-state index < -0.39 is 0 Å². The minimum atomic E-state index is -0.294. The van der Waals surface area contributed by atoms with Crippen LogP contribution in [0.3, 0.4) is 0 Å². The summed E-state index contributed by atoms with van der Waals surface area (Å²) in [5, 5.41) is 1.73. The van der Waals surface area contributed by atoms with Crippen LogP contribution in [0.1, 0.15) is 60.5 Å². The number of aromatic amines is 2. The molecule has 2 fully saturated rings. The Kier molecular flexibility index (Phi) is 6.25. The molecule has 2 aromatic heterocycles. The Morgan fingerprint density at radius 3 is 2.72 bits per heavy atom. The Morgan fingerprint density at radius 1 is 1.00 bits per heavy atom. The second-order valence-electron chi connectivity index (χ2n) is 10.4. The molecule has 1 atom stereocenters. The normalized spacial score (nSPS) is 19.9. The van der Waals surface area contributed by atoms with Gasteiger partial charge in [0.25, 0.3) is 5.91 Å². The van der Waals surface area contributed by atoms with Gasteiger partial charge in [0.15, 0.2) is 0 Å². The van der Waals surface area contributed by atoms with Gasteiger partial charge < -0.3 is 19.8 Å². The van der Waals surface area contributed by atoms with Gasteiger partial charge in [0.1, 0.15) is 17.3 Å². The van der Waals surface area contributed by atoms with Crippen molar-refractivity contribution in [2.24, 2.45) is 0 Å². The first-order chi connectivity index (χ1) is 17.6. The van der Waals surface area contributed by atoms with Gasteiger partial charge in [0.2, 0.25) is 0 Å². The van der Waals surface area contributed by atoms with E-state index in [-0.39, 0.29) is 23.6 Å². The molecule has 0 aliphatic carbocycles. The fraction of sp³-hybridized carbons (Fsp3) is 0.414. The second kappa shape index (κ2) is 9.69. The molecule has 2 aliphatic rings. The van der Waals surface area contributed by atoms with Gasteiger partial charge in [0.05, 0.1) is 5.52 Å². The van der Waals surface area contributed by atoms with Gasteiger partial charge in [0, 0.05) is 41.6 Å². The Bertz CT molecular complexity index is 1380. The van der Waals surface area contributed by atoms with E-state index in [4.69, 9.17) is 0 Å². The molecule has 2 saturated heterocycles. The first kappa shape index (κ1) is 23.2. The number of benzene rings is 2. The number of hydrogen-bond acceptors (Lipinski definition) is 2. The molecule has 1 unspecified atom stereocenters. The van der Waals surface area contributed by atoms with E-state index in [2.05, 4.69) is 14.9 Å². The Labute approximate surface area is 209 Å². The van der Waals surface area contributed by atoms with Crippen LogP contribution in [0.4, 0.5) is 8.78 Å². The van der Waals surface area contributed by atoms with Crippen LogP contribution >= 0.6 is 0 Å². The van der Waals surface area contributed by atoms with Gasteiger partial charge in [-0.1, -0.05) is 12.1 Å². The number of aromatic nitrogens is 2. The number of fused-ring (bicyclic) bond motifs is 2. The maximum atomic E-state index is 14.1. The quantitative estimate of drug-likeness (QED) is 0.350. The van der Waals surface area contributed by atoms with Crippen molar-refractivity contribution < 1.29 is 13.6 Å². The highest BCUT2D eigenvalue weighted by molar-refractivity contribution is 5.98. The van der Waals surface area contributed by atoms with Crippen molar-refractivity contribution in [2.45, 2.75) is 50.5 Å². The number of halogens is 2. The fourth-order valence-corrected chi connectivity index (χ4v) is 6.22. The van der Waals surface area contributed by atoms with Gasteiger partial charge in [-0.2, -0.15) is 0 Å². The number of carbonyl (C=O) groups is 1. The summed E-state index contributed by atoms with van der Waals surface area (Å²) in [6.07, 6.45) is 8.25. The van der Waals surface area contributed by atoms with Crippen LogP contribution < -0.4 is 0 Å². The third kappa shape index (κ3) is 4.41. The average molecular weight is 491 g/mol. The van der Waals surface area contributed by atoms with E-state index in [0.29, 0.717) is 17.1 Å². The lowest BCUT2D eigenvalue weighted by atomic mass is 9.89. The number of piperidine rings is 2. The number of H-pyrrole nitrogens is 2. The number of hydrogen-bond donors (Lipinski definition) is 2. The highest BCUT2D eigenvalue weighted by Gasteiger charge is 2.30. The van der Waals surface area contributed by atoms with Crippen molar-refractivity contribution in [1.29, 1.82) is 0 Å². The summed E-state index contributed by atoms with van der Waals surface area (Å²) in [6, 6.07) is 11.9. The third-order valence-corrected chi connectivity index (χ3v) is 8.20. The monoisotopic (exact) mass is 490 g/mol. The van der Waals surface area contributed by atoms with Gasteiger partial charge >= 0.3 is 0 Å². The molecule has 0 spiro atoms. The molecule has 0 saturated carbocycles. The molecule has 2 aliphatic heterocycles. The van der Waals surface area contributed by atoms with Crippen LogP contribution in [0.2, 0.25) is 0 Å². The summed E-state index contributed by atoms with van der Waals surface area (Å²) < 4.78 is 27.7. The largest absolute Gasteiger partial charge is 0.359 e. The topological polar surface area (TPSA) is 55.1 Å². The van der Waals surface area contributed by atoms with Crippen LogP contribution in [-0.4, -0.2) is 57.9 Å². The lowest BCUT2D eigenvalue weighted by Crippen LogP contribution is -2.46. The first-order valence-corrected chi connectivity index (χ1v) is 13.1. The van der Waals surface area contributed by atoms with Crippen molar-refractivity contribution in [3.63, 3.8) is 0 Å². The number of nitrogens with one attached hydrogen (secondary N) is 2. The van der Waals surface area contributed by atoms with Crippen molar-refractivity contribution in [3.8, 4) is 0 Å². The summed E-state index contributed by atoms with van der Waals surface area (Å²) in [5.41, 5.74) is 3.16. The second-order valence-corrected chi connectivity index (χ2v) is 10.4. The maximum absolute atomic E-state index is 14.1. The van der Waals surface area contributed by atoms with E-state index in [1.54, 1.807) is 18.2 Å². The molecule has 2 aromatic carbocycles. The van der Waals surface area contributed by atoms with E-state index in [0.717, 1.165) is 81.0 Å². The van der Waals surface area contributed by atoms with Crippen LogP contribution in [0.5, 0.6) is 0 Å². The van der Waals surface area contributed by atoms with Crippen LogP contribution in [0.15, 0.2) is 48.7 Å². The molecular formula is C29H32F2N4O. The predicted octanol–water partition coefficient (Wildman–Crippen LogP) is 6.19. The van der Waals surface area contributed by atoms with Crippen molar-refractivity contribution in [1.82, 2.24) is 19.8 Å². The minimum Gasteiger partial charge on any atom is -0.359 e. The van der Waals surface area contributed by atoms with E-state index in [9.17, 15) is 13.6 Å². The Balaban J connectivity index is 1.07. The molecule has 7 heteroatoms. The Morgan fingerprint density at radius 2 is 1.86 bits per heavy atom. The minimum absolute atomic E-state index is 0.0154. The van der Waals surface area contributed by atoms with Gasteiger partial charge in [-0.05, 0) is 93.4 Å². The summed E-state index contributed by atoms with van der Waals surface area (Å²) in [6.45, 7) is 3.77. The predicted molar refractivity (Wildman–Crippen MR) is 138 cm³/mol. The SMILES string of the molecule is O=C(c1cc2cc(F)ccc2[nH]1)N1CCCCC1CCN1CCC(c2c[nH]c3c(F)cccc23)CC1. The van der Waals surface area contributed by atoms with Crippen molar-refractivity contribution in [2.75, 3.05) is 26.2 Å². The van der Waals surface area contributed by atoms with Crippen LogP contribution in [-0.2, 0) is 0 Å². The third-order valence-electron chi connectivity index (χ3n) is 8.20. The highest BCUT2D eigenvalue weighted by atomic mass is 19.1. The maximum Gasteiger partial charge on any atom is 0.270 e. The standard InChI is InChI=1S/C29H32F2N4O/c30-21-7-8-26-20(16-21)17-27(33-26)29(36)35-12-2-1-4-22(35)11-15-34-13-9-19(10-14-34)24-18-32-28-23(24)5-3-6-25(28)31/h3,5-8,16-19,22,32-33H,1-2,4,9-15H2. The smallest absolute Gasteiger partial charge is 0.270 e. The number of likely N-dealkylation sites (tertiary alicyclic amines) is 2. The van der Waals surface area contributed by atoms with Gasteiger partial charge in [-0.15, -0.1) is 0 Å². The van der Waals surface area contributed by atoms with Gasteiger partial charge in [-0.3, -0.25) is 4.79 Å². The van der Waals surface area contributed by atoms with E-state index in [1.807, 2.05) is 17.2 Å². The van der Waals surface area contributed by atoms with E-state index in [1.165, 1.54) is 23.8 Å². The van der Waals surface area contributed by atoms with Crippen molar-refractivity contribution in [3.05, 3.63) is 71.6 Å². The number of para-hydroxylation sites is 1. The summed E-state index contributed by atoms with van der Waals surface area (Å²) in [5.74, 6) is -0.0302. The Hall–Kier alpha value is -3.19. The molecule has 188 valence electrons. The molecule has 4 heterocycles. The first-order valence-electron chi connectivity index (χ1n) is 13.1. The molecule has 4 aromatic rings. The fourth-order valence-electron chi connectivity index (χ4n) is 6.22. The number of carbonyl (C=O) groups excluding carboxylic acids is 1. The average Bonchev–Trinajstić information content (AvgIpc) is 3.53. The molecule has 1 amide bonds. The molecule has 0 bridgehead atoms. The van der Waals surface area contributed by atoms with Gasteiger partial charge in [-0.25, -0.2) is 8.78 Å². The zero-order valence-electron chi connectivity index (χ0n) is 20.4. The number of amides is 1. The summed E-state index contributed by atoms with van der Waals surface area (Å²) in [4.78, 5) is 24.2.